The number of halogens is 2. The van der Waals surface area contributed by atoms with Gasteiger partial charge in [-0.15, -0.1) is 11.3 Å². The van der Waals surface area contributed by atoms with E-state index in [-0.39, 0.29) is 30.7 Å². The second kappa shape index (κ2) is 9.28. The van der Waals surface area contributed by atoms with E-state index in [1.165, 1.54) is 23.5 Å². The molecule has 9 heteroatoms. The van der Waals surface area contributed by atoms with E-state index in [1.54, 1.807) is 12.1 Å². The number of amides is 1. The lowest BCUT2D eigenvalue weighted by Crippen LogP contribution is -2.03. The SMILES string of the molecule is Fc1ccc(COc2ncc(F)c(Nc3cccs3)n2)cc1.NC=O. The number of nitrogens with two attached hydrogens (primary N) is 1. The van der Waals surface area contributed by atoms with Crippen LogP contribution in [-0.4, -0.2) is 16.4 Å². The molecule has 6 nitrogen and oxygen atoms in total. The molecule has 0 saturated carbocycles. The van der Waals surface area contributed by atoms with Gasteiger partial charge in [0.15, 0.2) is 11.6 Å². The van der Waals surface area contributed by atoms with E-state index >= 15 is 0 Å². The molecule has 3 N–H and O–H groups in total. The highest BCUT2D eigenvalue weighted by atomic mass is 32.1. The molecule has 0 aliphatic heterocycles. The fraction of sp³-hybridized carbons (Fsp3) is 0.0625. The molecule has 1 amide bonds. The van der Waals surface area contributed by atoms with Crippen molar-refractivity contribution in [1.82, 2.24) is 9.97 Å². The van der Waals surface area contributed by atoms with E-state index in [0.717, 1.165) is 16.8 Å². The molecular weight excluding hydrogens is 350 g/mol. The molecule has 2 heterocycles. The first-order valence-electron chi connectivity index (χ1n) is 6.98. The van der Waals surface area contributed by atoms with Gasteiger partial charge >= 0.3 is 6.01 Å². The lowest BCUT2D eigenvalue weighted by atomic mass is 10.2. The molecular formula is C16H14F2N4O2S. The molecule has 3 aromatic rings. The van der Waals surface area contributed by atoms with Crippen LogP contribution >= 0.6 is 11.3 Å². The largest absolute Gasteiger partial charge is 0.459 e. The number of carbonyl (C=O) groups excluding carboxylic acids is 1. The molecule has 25 heavy (non-hydrogen) atoms. The summed E-state index contributed by atoms with van der Waals surface area (Å²) in [5, 5.41) is 5.50. The summed E-state index contributed by atoms with van der Waals surface area (Å²) in [6, 6.07) is 9.59. The van der Waals surface area contributed by atoms with E-state index < -0.39 is 5.82 Å². The number of benzene rings is 1. The monoisotopic (exact) mass is 364 g/mol. The van der Waals surface area contributed by atoms with Crippen molar-refractivity contribution < 1.29 is 18.3 Å². The lowest BCUT2D eigenvalue weighted by molar-refractivity contribution is -0.106. The van der Waals surface area contributed by atoms with Gasteiger partial charge in [0.25, 0.3) is 0 Å². The third-order valence-corrected chi connectivity index (χ3v) is 3.55. The number of nitrogens with zero attached hydrogens (tertiary/aromatic N) is 2. The van der Waals surface area contributed by atoms with Crippen LogP contribution in [0.3, 0.4) is 0 Å². The molecule has 3 rings (SSSR count). The van der Waals surface area contributed by atoms with E-state index in [2.05, 4.69) is 21.0 Å². The van der Waals surface area contributed by atoms with Crippen molar-refractivity contribution in [2.75, 3.05) is 5.32 Å². The summed E-state index contributed by atoms with van der Waals surface area (Å²) < 4.78 is 31.9. The van der Waals surface area contributed by atoms with Crippen molar-refractivity contribution in [1.29, 1.82) is 0 Å². The van der Waals surface area contributed by atoms with Crippen LogP contribution in [0.2, 0.25) is 0 Å². The van der Waals surface area contributed by atoms with Crippen LogP contribution in [0.4, 0.5) is 19.6 Å². The second-order valence-electron chi connectivity index (χ2n) is 4.50. The van der Waals surface area contributed by atoms with Gasteiger partial charge in [0.2, 0.25) is 6.41 Å². The first-order valence-corrected chi connectivity index (χ1v) is 7.86. The minimum Gasteiger partial charge on any atom is -0.459 e. The van der Waals surface area contributed by atoms with Crippen molar-refractivity contribution in [2.24, 2.45) is 5.73 Å². The Balaban J connectivity index is 0.000000701. The van der Waals surface area contributed by atoms with Gasteiger partial charge in [-0.3, -0.25) is 4.79 Å². The molecule has 0 saturated heterocycles. The zero-order chi connectivity index (χ0) is 18.1. The Morgan fingerprint density at radius 1 is 1.24 bits per heavy atom. The Morgan fingerprint density at radius 3 is 2.60 bits per heavy atom. The molecule has 130 valence electrons. The number of anilines is 2. The Morgan fingerprint density at radius 2 is 1.96 bits per heavy atom. The summed E-state index contributed by atoms with van der Waals surface area (Å²) in [7, 11) is 0. The Kier molecular flexibility index (Phi) is 6.78. The van der Waals surface area contributed by atoms with Crippen molar-refractivity contribution in [3.63, 3.8) is 0 Å². The van der Waals surface area contributed by atoms with Crippen LogP contribution in [0, 0.1) is 11.6 Å². The molecule has 0 fully saturated rings. The number of thiophene rings is 1. The third-order valence-electron chi connectivity index (χ3n) is 2.77. The zero-order valence-corrected chi connectivity index (χ0v) is 13.7. The highest BCUT2D eigenvalue weighted by molar-refractivity contribution is 7.14. The van der Waals surface area contributed by atoms with Gasteiger partial charge in [0.05, 0.1) is 11.2 Å². The molecule has 0 bridgehead atoms. The van der Waals surface area contributed by atoms with Crippen LogP contribution in [0.15, 0.2) is 48.0 Å². The van der Waals surface area contributed by atoms with Crippen molar-refractivity contribution in [3.8, 4) is 6.01 Å². The average Bonchev–Trinajstić information content (AvgIpc) is 3.11. The highest BCUT2D eigenvalue weighted by Crippen LogP contribution is 2.23. The van der Waals surface area contributed by atoms with Crippen molar-refractivity contribution in [2.45, 2.75) is 6.61 Å². The number of rotatable bonds is 5. The molecule has 2 aromatic heterocycles. The molecule has 0 atom stereocenters. The smallest absolute Gasteiger partial charge is 0.318 e. The number of nitrogens with one attached hydrogen (secondary N) is 1. The lowest BCUT2D eigenvalue weighted by Gasteiger charge is -2.07. The predicted octanol–water partition coefficient (Wildman–Crippen LogP) is 3.24. The van der Waals surface area contributed by atoms with Gasteiger partial charge in [0.1, 0.15) is 12.4 Å². The Labute approximate surface area is 146 Å². The molecule has 0 aliphatic rings. The molecule has 0 unspecified atom stereocenters. The van der Waals surface area contributed by atoms with Crippen LogP contribution in [0.5, 0.6) is 6.01 Å². The maximum atomic E-state index is 13.7. The Hall–Kier alpha value is -3.07. The van der Waals surface area contributed by atoms with Crippen molar-refractivity contribution in [3.05, 3.63) is 65.2 Å². The maximum Gasteiger partial charge on any atom is 0.318 e. The number of hydrogen-bond acceptors (Lipinski definition) is 6. The molecule has 0 spiro atoms. The number of aromatic nitrogens is 2. The summed E-state index contributed by atoms with van der Waals surface area (Å²) in [5.74, 6) is -0.835. The standard InChI is InChI=1S/C15H11F2N3OS.CH3NO/c16-11-5-3-10(4-6-11)9-21-15-18-8-12(17)14(20-15)19-13-2-1-7-22-13;2-1-3/h1-8H,9H2,(H,18,19,20);1H,(H2,2,3). The summed E-state index contributed by atoms with van der Waals surface area (Å²) in [4.78, 5) is 16.4. The van der Waals surface area contributed by atoms with Gasteiger partial charge in [0, 0.05) is 0 Å². The van der Waals surface area contributed by atoms with E-state index in [4.69, 9.17) is 9.53 Å². The van der Waals surface area contributed by atoms with Gasteiger partial charge in [-0.05, 0) is 35.2 Å². The molecule has 1 aromatic carbocycles. The first-order chi connectivity index (χ1) is 12.1. The third kappa shape index (κ3) is 5.81. The topological polar surface area (TPSA) is 90.1 Å². The van der Waals surface area contributed by atoms with Gasteiger partial charge in [-0.1, -0.05) is 12.1 Å². The van der Waals surface area contributed by atoms with Gasteiger partial charge < -0.3 is 15.8 Å². The normalized spacial score (nSPS) is 9.68. The fourth-order valence-corrected chi connectivity index (χ4v) is 2.32. The van der Waals surface area contributed by atoms with Crippen LogP contribution < -0.4 is 15.8 Å². The van der Waals surface area contributed by atoms with Crippen molar-refractivity contribution >= 4 is 28.6 Å². The first kappa shape index (κ1) is 18.3. The van der Waals surface area contributed by atoms with E-state index in [0.29, 0.717) is 0 Å². The second-order valence-corrected chi connectivity index (χ2v) is 5.45. The summed E-state index contributed by atoms with van der Waals surface area (Å²) in [6.45, 7) is 0.171. The number of hydrogen-bond donors (Lipinski definition) is 2. The number of ether oxygens (including phenoxy) is 1. The number of primary amides is 1. The summed E-state index contributed by atoms with van der Waals surface area (Å²) in [6.07, 6.45) is 1.29. The maximum absolute atomic E-state index is 13.7. The fourth-order valence-electron chi connectivity index (χ4n) is 1.70. The summed E-state index contributed by atoms with van der Waals surface area (Å²) in [5.41, 5.74) is 4.93. The quantitative estimate of drug-likeness (QED) is 0.679. The number of carbonyl (C=O) groups is 1. The Bertz CT molecular complexity index is 798. The van der Waals surface area contributed by atoms with Crippen LogP contribution in [-0.2, 0) is 11.4 Å². The minimum absolute atomic E-state index is 0.0461. The average molecular weight is 364 g/mol. The van der Waals surface area contributed by atoms with Crippen LogP contribution in [0.1, 0.15) is 5.56 Å². The highest BCUT2D eigenvalue weighted by Gasteiger charge is 2.09. The zero-order valence-electron chi connectivity index (χ0n) is 12.9. The molecule has 0 radical (unpaired) electrons. The van der Waals surface area contributed by atoms with E-state index in [1.807, 2.05) is 17.5 Å². The summed E-state index contributed by atoms with van der Waals surface area (Å²) >= 11 is 1.43. The van der Waals surface area contributed by atoms with Gasteiger partial charge in [-0.25, -0.2) is 13.8 Å². The van der Waals surface area contributed by atoms with Crippen LogP contribution in [0.25, 0.3) is 0 Å². The van der Waals surface area contributed by atoms with Gasteiger partial charge in [-0.2, -0.15) is 4.98 Å². The predicted molar refractivity (Wildman–Crippen MR) is 90.6 cm³/mol. The van der Waals surface area contributed by atoms with E-state index in [9.17, 15) is 8.78 Å². The minimum atomic E-state index is -0.567. The molecule has 0 aliphatic carbocycles.